The highest BCUT2D eigenvalue weighted by Gasteiger charge is 2.11. The molecule has 0 atom stereocenters. The number of pyridine rings is 2. The normalized spacial score (nSPS) is 10.9. The first kappa shape index (κ1) is 18.0. The topological polar surface area (TPSA) is 76.7 Å². The molecule has 6 heteroatoms. The lowest BCUT2D eigenvalue weighted by Gasteiger charge is -2.10. The van der Waals surface area contributed by atoms with Gasteiger partial charge in [0.2, 0.25) is 0 Å². The number of nitrogens with zero attached hydrogens (tertiary/aromatic N) is 4. The molecule has 5 aromatic rings. The summed E-state index contributed by atoms with van der Waals surface area (Å²) in [5.41, 5.74) is 2.45. The van der Waals surface area contributed by atoms with Crippen LogP contribution in [0.15, 0.2) is 89.9 Å². The van der Waals surface area contributed by atoms with Gasteiger partial charge in [0, 0.05) is 54.0 Å². The highest BCUT2D eigenvalue weighted by atomic mass is 16.3. The predicted molar refractivity (Wildman–Crippen MR) is 117 cm³/mol. The van der Waals surface area contributed by atoms with Crippen LogP contribution in [-0.4, -0.2) is 26.5 Å². The van der Waals surface area contributed by atoms with Crippen LogP contribution in [0.5, 0.6) is 0 Å². The first-order valence-electron chi connectivity index (χ1n) is 9.77. The number of aromatic nitrogens is 4. The van der Waals surface area contributed by atoms with Gasteiger partial charge in [-0.05, 0) is 24.3 Å². The van der Waals surface area contributed by atoms with E-state index in [1.54, 1.807) is 24.9 Å². The molecule has 1 N–H and O–H groups in total. The standard InChI is InChI=1S/C24H19N5O/c1-2-8-19-18(6-1)16-30-22(19)10-13-27-23-14-21(17-7-5-11-25-15-17)28-24(29-23)20-9-3-4-12-26-20/h1-9,11-12,14-16H,10,13H2,(H,27,28,29). The van der Waals surface area contributed by atoms with Crippen LogP contribution in [0.25, 0.3) is 33.5 Å². The van der Waals surface area contributed by atoms with Gasteiger partial charge in [0.05, 0.1) is 12.0 Å². The highest BCUT2D eigenvalue weighted by molar-refractivity contribution is 5.84. The Bertz CT molecular complexity index is 1210. The molecule has 30 heavy (non-hydrogen) atoms. The summed E-state index contributed by atoms with van der Waals surface area (Å²) >= 11 is 0. The van der Waals surface area contributed by atoms with Gasteiger partial charge in [0.1, 0.15) is 17.3 Å². The smallest absolute Gasteiger partial charge is 0.180 e. The molecule has 146 valence electrons. The van der Waals surface area contributed by atoms with Crippen molar-refractivity contribution in [1.82, 2.24) is 19.9 Å². The Labute approximate surface area is 173 Å². The minimum Gasteiger partial charge on any atom is -0.468 e. The van der Waals surface area contributed by atoms with Crippen molar-refractivity contribution in [3.05, 3.63) is 91.3 Å². The average Bonchev–Trinajstić information content (AvgIpc) is 3.23. The summed E-state index contributed by atoms with van der Waals surface area (Å²) in [5.74, 6) is 2.27. The maximum absolute atomic E-state index is 5.75. The number of hydrogen-bond acceptors (Lipinski definition) is 6. The molecular weight excluding hydrogens is 374 g/mol. The van der Waals surface area contributed by atoms with Crippen LogP contribution in [0, 0.1) is 0 Å². The van der Waals surface area contributed by atoms with Gasteiger partial charge in [0.25, 0.3) is 0 Å². The third-order valence-corrected chi connectivity index (χ3v) is 4.82. The molecule has 0 bridgehead atoms. The Kier molecular flexibility index (Phi) is 4.88. The maximum Gasteiger partial charge on any atom is 0.180 e. The van der Waals surface area contributed by atoms with Crippen LogP contribution in [-0.2, 0) is 6.42 Å². The van der Waals surface area contributed by atoms with Crippen LogP contribution in [0.4, 0.5) is 5.82 Å². The third-order valence-electron chi connectivity index (χ3n) is 4.82. The van der Waals surface area contributed by atoms with Gasteiger partial charge in [-0.2, -0.15) is 0 Å². The lowest BCUT2D eigenvalue weighted by molar-refractivity contribution is 0.518. The van der Waals surface area contributed by atoms with Crippen LogP contribution in [0.1, 0.15) is 5.76 Å². The molecule has 5 rings (SSSR count). The van der Waals surface area contributed by atoms with Crippen molar-refractivity contribution in [2.24, 2.45) is 0 Å². The summed E-state index contributed by atoms with van der Waals surface area (Å²) in [5, 5.41) is 5.67. The van der Waals surface area contributed by atoms with E-state index < -0.39 is 0 Å². The van der Waals surface area contributed by atoms with Crippen molar-refractivity contribution >= 4 is 16.6 Å². The van der Waals surface area contributed by atoms with Gasteiger partial charge in [0.15, 0.2) is 5.82 Å². The van der Waals surface area contributed by atoms with Gasteiger partial charge in [-0.15, -0.1) is 0 Å². The first-order valence-corrected chi connectivity index (χ1v) is 9.77. The van der Waals surface area contributed by atoms with Crippen molar-refractivity contribution < 1.29 is 4.42 Å². The third kappa shape index (κ3) is 3.75. The molecule has 0 aliphatic carbocycles. The minimum atomic E-state index is 0.572. The predicted octanol–water partition coefficient (Wildman–Crippen LogP) is 5.00. The molecule has 4 aromatic heterocycles. The van der Waals surface area contributed by atoms with Crippen LogP contribution >= 0.6 is 0 Å². The van der Waals surface area contributed by atoms with E-state index in [0.717, 1.165) is 45.7 Å². The summed E-state index contributed by atoms with van der Waals surface area (Å²) in [4.78, 5) is 18.0. The zero-order chi connectivity index (χ0) is 20.2. The molecule has 0 aliphatic heterocycles. The van der Waals surface area contributed by atoms with Crippen LogP contribution < -0.4 is 5.32 Å². The number of hydrogen-bond donors (Lipinski definition) is 1. The first-order chi connectivity index (χ1) is 14.9. The number of benzene rings is 1. The fourth-order valence-electron chi connectivity index (χ4n) is 3.36. The van der Waals surface area contributed by atoms with E-state index in [1.165, 1.54) is 0 Å². The van der Waals surface area contributed by atoms with E-state index in [1.807, 2.05) is 48.5 Å². The molecular formula is C24H19N5O. The van der Waals surface area contributed by atoms with Crippen LogP contribution in [0.2, 0.25) is 0 Å². The number of anilines is 1. The minimum absolute atomic E-state index is 0.572. The highest BCUT2D eigenvalue weighted by Crippen LogP contribution is 2.24. The maximum atomic E-state index is 5.75. The summed E-state index contributed by atoms with van der Waals surface area (Å²) in [7, 11) is 0. The Morgan fingerprint density at radius 3 is 2.67 bits per heavy atom. The SMILES string of the molecule is c1ccc(-c2nc(NCCc3occ4ccccc34)cc(-c3cccnc3)n2)nc1. The molecule has 0 unspecified atom stereocenters. The molecule has 0 saturated carbocycles. The Hall–Kier alpha value is -4.06. The lowest BCUT2D eigenvalue weighted by Crippen LogP contribution is -2.08. The molecule has 6 nitrogen and oxygen atoms in total. The van der Waals surface area contributed by atoms with Crippen molar-refractivity contribution in [2.75, 3.05) is 11.9 Å². The summed E-state index contributed by atoms with van der Waals surface area (Å²) < 4.78 is 5.75. The fourth-order valence-corrected chi connectivity index (χ4v) is 3.36. The summed E-state index contributed by atoms with van der Waals surface area (Å²) in [6, 6.07) is 19.7. The van der Waals surface area contributed by atoms with E-state index in [-0.39, 0.29) is 0 Å². The molecule has 0 amide bonds. The Morgan fingerprint density at radius 2 is 1.80 bits per heavy atom. The number of fused-ring (bicyclic) bond motifs is 1. The number of nitrogens with one attached hydrogen (secondary N) is 1. The molecule has 1 aromatic carbocycles. The van der Waals surface area contributed by atoms with Gasteiger partial charge < -0.3 is 9.73 Å². The number of furan rings is 1. The summed E-state index contributed by atoms with van der Waals surface area (Å²) in [6.45, 7) is 0.683. The van der Waals surface area contributed by atoms with Gasteiger partial charge in [-0.3, -0.25) is 9.97 Å². The molecule has 0 radical (unpaired) electrons. The second-order valence-corrected chi connectivity index (χ2v) is 6.84. The van der Waals surface area contributed by atoms with E-state index >= 15 is 0 Å². The second kappa shape index (κ2) is 8.13. The zero-order valence-corrected chi connectivity index (χ0v) is 16.2. The van der Waals surface area contributed by atoms with Crippen molar-refractivity contribution in [3.63, 3.8) is 0 Å². The number of rotatable bonds is 6. The fraction of sp³-hybridized carbons (Fsp3) is 0.0833. The molecule has 4 heterocycles. The van der Waals surface area contributed by atoms with E-state index in [0.29, 0.717) is 12.4 Å². The van der Waals surface area contributed by atoms with E-state index in [9.17, 15) is 0 Å². The Balaban J connectivity index is 1.42. The van der Waals surface area contributed by atoms with Gasteiger partial charge in [-0.1, -0.05) is 30.3 Å². The van der Waals surface area contributed by atoms with E-state index in [4.69, 9.17) is 9.40 Å². The van der Waals surface area contributed by atoms with Crippen molar-refractivity contribution in [3.8, 4) is 22.8 Å². The quantitative estimate of drug-likeness (QED) is 0.437. The Morgan fingerprint density at radius 1 is 0.867 bits per heavy atom. The average molecular weight is 393 g/mol. The monoisotopic (exact) mass is 393 g/mol. The lowest BCUT2D eigenvalue weighted by atomic mass is 10.1. The largest absolute Gasteiger partial charge is 0.468 e. The zero-order valence-electron chi connectivity index (χ0n) is 16.2. The molecule has 0 aliphatic rings. The summed E-state index contributed by atoms with van der Waals surface area (Å²) in [6.07, 6.45) is 7.83. The molecule has 0 spiro atoms. The molecule has 0 saturated heterocycles. The van der Waals surface area contributed by atoms with Gasteiger partial charge in [-0.25, -0.2) is 9.97 Å². The molecule has 0 fully saturated rings. The van der Waals surface area contributed by atoms with E-state index in [2.05, 4.69) is 32.4 Å². The van der Waals surface area contributed by atoms with Crippen molar-refractivity contribution in [2.45, 2.75) is 6.42 Å². The second-order valence-electron chi connectivity index (χ2n) is 6.84. The van der Waals surface area contributed by atoms with Crippen LogP contribution in [0.3, 0.4) is 0 Å². The van der Waals surface area contributed by atoms with Gasteiger partial charge >= 0.3 is 0 Å². The van der Waals surface area contributed by atoms with Crippen molar-refractivity contribution in [1.29, 1.82) is 0 Å².